The van der Waals surface area contributed by atoms with Gasteiger partial charge in [-0.25, -0.2) is 0 Å². The number of rotatable bonds is 6. The van der Waals surface area contributed by atoms with E-state index in [1.165, 1.54) is 44.9 Å². The molecule has 5 unspecified atom stereocenters. The molecule has 0 amide bonds. The third-order valence-electron chi connectivity index (χ3n) is 5.75. The summed E-state index contributed by atoms with van der Waals surface area (Å²) in [7, 11) is 0. The average molecular weight is 281 g/mol. The second-order valence-corrected chi connectivity index (χ2v) is 7.28. The SMILES string of the molecule is CCCNC(CC1CCCCC1)C1C(C)OC(C)C1C. The molecule has 0 aromatic rings. The molecule has 118 valence electrons. The van der Waals surface area contributed by atoms with Crippen LogP contribution in [0.3, 0.4) is 0 Å². The largest absolute Gasteiger partial charge is 0.375 e. The first kappa shape index (κ1) is 16.3. The summed E-state index contributed by atoms with van der Waals surface area (Å²) in [6, 6.07) is 0.660. The van der Waals surface area contributed by atoms with Gasteiger partial charge in [-0.2, -0.15) is 0 Å². The van der Waals surface area contributed by atoms with Gasteiger partial charge in [0.05, 0.1) is 12.2 Å². The van der Waals surface area contributed by atoms with Crippen molar-refractivity contribution in [2.24, 2.45) is 17.8 Å². The number of ether oxygens (including phenoxy) is 1. The van der Waals surface area contributed by atoms with Crippen LogP contribution in [0, 0.1) is 17.8 Å². The third kappa shape index (κ3) is 3.98. The van der Waals surface area contributed by atoms with Crippen molar-refractivity contribution in [1.29, 1.82) is 0 Å². The quantitative estimate of drug-likeness (QED) is 0.780. The lowest BCUT2D eigenvalue weighted by Crippen LogP contribution is -2.43. The summed E-state index contributed by atoms with van der Waals surface area (Å²) < 4.78 is 6.10. The Kier molecular flexibility index (Phi) is 6.35. The van der Waals surface area contributed by atoms with Crippen LogP contribution in [0.25, 0.3) is 0 Å². The molecule has 0 aromatic carbocycles. The molecular formula is C18H35NO. The molecule has 2 fully saturated rings. The van der Waals surface area contributed by atoms with E-state index in [2.05, 4.69) is 33.0 Å². The van der Waals surface area contributed by atoms with E-state index >= 15 is 0 Å². The Labute approximate surface area is 126 Å². The van der Waals surface area contributed by atoms with Gasteiger partial charge in [-0.1, -0.05) is 46.0 Å². The van der Waals surface area contributed by atoms with Crippen LogP contribution in [0.1, 0.15) is 72.6 Å². The minimum Gasteiger partial charge on any atom is -0.375 e. The maximum absolute atomic E-state index is 6.10. The van der Waals surface area contributed by atoms with Crippen LogP contribution in [-0.4, -0.2) is 24.8 Å². The molecular weight excluding hydrogens is 246 g/mol. The van der Waals surface area contributed by atoms with E-state index < -0.39 is 0 Å². The highest BCUT2D eigenvalue weighted by Crippen LogP contribution is 2.38. The molecule has 1 heterocycles. The fraction of sp³-hybridized carbons (Fsp3) is 1.00. The van der Waals surface area contributed by atoms with Crippen molar-refractivity contribution in [2.45, 2.75) is 90.9 Å². The normalized spacial score (nSPS) is 37.2. The highest BCUT2D eigenvalue weighted by molar-refractivity contribution is 4.92. The smallest absolute Gasteiger partial charge is 0.0597 e. The molecule has 0 bridgehead atoms. The van der Waals surface area contributed by atoms with Gasteiger partial charge in [0.1, 0.15) is 0 Å². The Hall–Kier alpha value is -0.0800. The lowest BCUT2D eigenvalue weighted by Gasteiger charge is -2.34. The van der Waals surface area contributed by atoms with E-state index in [1.54, 1.807) is 0 Å². The lowest BCUT2D eigenvalue weighted by molar-refractivity contribution is 0.0461. The van der Waals surface area contributed by atoms with E-state index in [9.17, 15) is 0 Å². The molecule has 2 rings (SSSR count). The van der Waals surface area contributed by atoms with Gasteiger partial charge in [0.2, 0.25) is 0 Å². The molecule has 1 aliphatic heterocycles. The van der Waals surface area contributed by atoms with E-state index in [-0.39, 0.29) is 0 Å². The van der Waals surface area contributed by atoms with Gasteiger partial charge in [0.15, 0.2) is 0 Å². The van der Waals surface area contributed by atoms with Gasteiger partial charge in [-0.15, -0.1) is 0 Å². The second kappa shape index (κ2) is 7.79. The Bertz CT molecular complexity index is 275. The fourth-order valence-electron chi connectivity index (χ4n) is 4.48. The van der Waals surface area contributed by atoms with Crippen LogP contribution >= 0.6 is 0 Å². The zero-order valence-corrected chi connectivity index (χ0v) is 14.0. The van der Waals surface area contributed by atoms with Gasteiger partial charge >= 0.3 is 0 Å². The lowest BCUT2D eigenvalue weighted by atomic mass is 9.76. The number of hydrogen-bond donors (Lipinski definition) is 1. The van der Waals surface area contributed by atoms with Crippen molar-refractivity contribution in [2.75, 3.05) is 6.54 Å². The molecule has 2 heteroatoms. The highest BCUT2D eigenvalue weighted by Gasteiger charge is 2.41. The van der Waals surface area contributed by atoms with Crippen molar-refractivity contribution in [1.82, 2.24) is 5.32 Å². The van der Waals surface area contributed by atoms with Crippen molar-refractivity contribution < 1.29 is 4.74 Å². The number of nitrogens with one attached hydrogen (secondary N) is 1. The predicted octanol–water partition coefficient (Wildman–Crippen LogP) is 4.38. The molecule has 1 saturated carbocycles. The molecule has 1 N–H and O–H groups in total. The summed E-state index contributed by atoms with van der Waals surface area (Å²) in [6.07, 6.45) is 10.7. The molecule has 0 radical (unpaired) electrons. The molecule has 5 atom stereocenters. The molecule has 20 heavy (non-hydrogen) atoms. The van der Waals surface area contributed by atoms with Crippen molar-refractivity contribution in [3.05, 3.63) is 0 Å². The summed E-state index contributed by atoms with van der Waals surface area (Å²) in [5, 5.41) is 3.86. The van der Waals surface area contributed by atoms with E-state index in [4.69, 9.17) is 4.74 Å². The highest BCUT2D eigenvalue weighted by atomic mass is 16.5. The summed E-state index contributed by atoms with van der Waals surface area (Å²) in [6.45, 7) is 10.3. The monoisotopic (exact) mass is 281 g/mol. The van der Waals surface area contributed by atoms with Crippen molar-refractivity contribution in [3.8, 4) is 0 Å². The maximum atomic E-state index is 6.10. The van der Waals surface area contributed by atoms with Crippen LogP contribution in [-0.2, 0) is 4.74 Å². The average Bonchev–Trinajstić information content (AvgIpc) is 2.70. The minimum absolute atomic E-state index is 0.415. The maximum Gasteiger partial charge on any atom is 0.0597 e. The molecule has 1 aliphatic carbocycles. The summed E-state index contributed by atoms with van der Waals surface area (Å²) in [5.74, 6) is 2.33. The first-order valence-electron chi connectivity index (χ1n) is 9.02. The van der Waals surface area contributed by atoms with Gasteiger partial charge in [-0.05, 0) is 45.1 Å². The van der Waals surface area contributed by atoms with Gasteiger partial charge in [0, 0.05) is 12.0 Å². The topological polar surface area (TPSA) is 21.3 Å². The van der Waals surface area contributed by atoms with Crippen LogP contribution in [0.15, 0.2) is 0 Å². The van der Waals surface area contributed by atoms with Crippen molar-refractivity contribution in [3.63, 3.8) is 0 Å². The zero-order chi connectivity index (χ0) is 14.5. The fourth-order valence-corrected chi connectivity index (χ4v) is 4.48. The van der Waals surface area contributed by atoms with Gasteiger partial charge < -0.3 is 10.1 Å². The Morgan fingerprint density at radius 3 is 2.30 bits per heavy atom. The van der Waals surface area contributed by atoms with E-state index in [1.807, 2.05) is 0 Å². The zero-order valence-electron chi connectivity index (χ0n) is 14.0. The standard InChI is InChI=1S/C18H35NO/c1-5-11-19-17(12-16-9-7-6-8-10-16)18-13(2)14(3)20-15(18)4/h13-19H,5-12H2,1-4H3. The Morgan fingerprint density at radius 1 is 1.05 bits per heavy atom. The van der Waals surface area contributed by atoms with Crippen LogP contribution in [0.4, 0.5) is 0 Å². The summed E-state index contributed by atoms with van der Waals surface area (Å²) in [4.78, 5) is 0. The third-order valence-corrected chi connectivity index (χ3v) is 5.75. The Balaban J connectivity index is 1.98. The molecule has 2 aliphatic rings. The molecule has 0 aromatic heterocycles. The molecule has 0 spiro atoms. The first-order valence-corrected chi connectivity index (χ1v) is 9.02. The summed E-state index contributed by atoms with van der Waals surface area (Å²) >= 11 is 0. The number of hydrogen-bond acceptors (Lipinski definition) is 2. The van der Waals surface area contributed by atoms with E-state index in [0.29, 0.717) is 30.1 Å². The first-order chi connectivity index (χ1) is 9.63. The van der Waals surface area contributed by atoms with Crippen molar-refractivity contribution >= 4 is 0 Å². The predicted molar refractivity (Wildman–Crippen MR) is 85.9 cm³/mol. The van der Waals surface area contributed by atoms with E-state index in [0.717, 1.165) is 12.5 Å². The van der Waals surface area contributed by atoms with Crippen LogP contribution < -0.4 is 5.32 Å². The molecule has 2 nitrogen and oxygen atoms in total. The summed E-state index contributed by atoms with van der Waals surface area (Å²) in [5.41, 5.74) is 0. The molecule has 1 saturated heterocycles. The second-order valence-electron chi connectivity index (χ2n) is 7.28. The van der Waals surface area contributed by atoms with Gasteiger partial charge in [-0.3, -0.25) is 0 Å². The van der Waals surface area contributed by atoms with Gasteiger partial charge in [0.25, 0.3) is 0 Å². The minimum atomic E-state index is 0.415. The van der Waals surface area contributed by atoms with Crippen LogP contribution in [0.2, 0.25) is 0 Å². The van der Waals surface area contributed by atoms with Crippen LogP contribution in [0.5, 0.6) is 0 Å². The Morgan fingerprint density at radius 2 is 1.75 bits per heavy atom.